The second-order valence-corrected chi connectivity index (χ2v) is 12.3. The van der Waals surface area contributed by atoms with E-state index in [1.807, 2.05) is 0 Å². The standard InChI is InChI=1S/C29H45N3O/c1-20(2)27-26-24(23-9-7-8-10-25(23)30-26)15-17-32(27)28(33)22-13-11-21(12-14-22)19-31(6)18-16-29(3,4)5/h7-10,20-22,27,30H,11-19H2,1-6H3. The molecule has 1 aliphatic heterocycles. The highest BCUT2D eigenvalue weighted by molar-refractivity contribution is 5.86. The summed E-state index contributed by atoms with van der Waals surface area (Å²) in [5, 5.41) is 1.33. The summed E-state index contributed by atoms with van der Waals surface area (Å²) in [5.74, 6) is 1.74. The number of aromatic amines is 1. The fourth-order valence-electron chi connectivity index (χ4n) is 6.10. The maximum atomic E-state index is 13.7. The normalized spacial score (nSPS) is 24.0. The number of fused-ring (bicyclic) bond motifs is 3. The van der Waals surface area contributed by atoms with E-state index in [1.54, 1.807) is 0 Å². The molecule has 1 fully saturated rings. The number of benzene rings is 1. The molecule has 0 bridgehead atoms. The van der Waals surface area contributed by atoms with Crippen molar-refractivity contribution < 1.29 is 4.79 Å². The molecule has 4 heteroatoms. The minimum atomic E-state index is 0.162. The minimum absolute atomic E-state index is 0.162. The molecule has 1 saturated carbocycles. The lowest BCUT2D eigenvalue weighted by molar-refractivity contribution is -0.141. The van der Waals surface area contributed by atoms with Crippen molar-refractivity contribution in [2.75, 3.05) is 26.7 Å². The van der Waals surface area contributed by atoms with Crippen molar-refractivity contribution in [3.8, 4) is 0 Å². The zero-order chi connectivity index (χ0) is 23.8. The number of rotatable bonds is 6. The molecular weight excluding hydrogens is 406 g/mol. The summed E-state index contributed by atoms with van der Waals surface area (Å²) >= 11 is 0. The van der Waals surface area contributed by atoms with E-state index in [4.69, 9.17) is 0 Å². The third-order valence-electron chi connectivity index (χ3n) is 8.00. The molecular formula is C29H45N3O. The lowest BCUT2D eigenvalue weighted by atomic mass is 9.80. The van der Waals surface area contributed by atoms with Crippen LogP contribution in [-0.4, -0.2) is 47.4 Å². The Hall–Kier alpha value is -1.81. The highest BCUT2D eigenvalue weighted by atomic mass is 16.2. The summed E-state index contributed by atoms with van der Waals surface area (Å²) in [7, 11) is 2.27. The van der Waals surface area contributed by atoms with Crippen LogP contribution in [0, 0.1) is 23.2 Å². The molecule has 0 saturated heterocycles. The Morgan fingerprint density at radius 1 is 1.15 bits per heavy atom. The molecule has 4 nitrogen and oxygen atoms in total. The van der Waals surface area contributed by atoms with E-state index >= 15 is 0 Å². The van der Waals surface area contributed by atoms with E-state index in [0.717, 1.165) is 31.7 Å². The summed E-state index contributed by atoms with van der Waals surface area (Å²) < 4.78 is 0. The maximum Gasteiger partial charge on any atom is 0.226 e. The van der Waals surface area contributed by atoms with Gasteiger partial charge in [0.2, 0.25) is 5.91 Å². The number of aromatic nitrogens is 1. The first-order valence-electron chi connectivity index (χ1n) is 13.2. The van der Waals surface area contributed by atoms with Gasteiger partial charge in [-0.3, -0.25) is 4.79 Å². The van der Waals surface area contributed by atoms with Gasteiger partial charge in [0.05, 0.1) is 6.04 Å². The van der Waals surface area contributed by atoms with Gasteiger partial charge in [0.1, 0.15) is 0 Å². The van der Waals surface area contributed by atoms with Crippen molar-refractivity contribution in [2.24, 2.45) is 23.2 Å². The first-order chi connectivity index (χ1) is 15.6. The number of amides is 1. The van der Waals surface area contributed by atoms with Gasteiger partial charge in [0.25, 0.3) is 0 Å². The van der Waals surface area contributed by atoms with Crippen LogP contribution in [0.25, 0.3) is 10.9 Å². The van der Waals surface area contributed by atoms with Gasteiger partial charge >= 0.3 is 0 Å². The highest BCUT2D eigenvalue weighted by Gasteiger charge is 2.38. The molecule has 1 aromatic heterocycles. The van der Waals surface area contributed by atoms with Gasteiger partial charge in [-0.25, -0.2) is 0 Å². The monoisotopic (exact) mass is 451 g/mol. The third kappa shape index (κ3) is 5.48. The van der Waals surface area contributed by atoms with Crippen LogP contribution >= 0.6 is 0 Å². The second-order valence-electron chi connectivity index (χ2n) is 12.3. The van der Waals surface area contributed by atoms with Crippen LogP contribution in [-0.2, 0) is 11.2 Å². The van der Waals surface area contributed by atoms with Crippen LogP contribution in [0.5, 0.6) is 0 Å². The fourth-order valence-corrected chi connectivity index (χ4v) is 6.10. The van der Waals surface area contributed by atoms with Gasteiger partial charge in [-0.2, -0.15) is 0 Å². The minimum Gasteiger partial charge on any atom is -0.356 e. The first-order valence-corrected chi connectivity index (χ1v) is 13.2. The maximum absolute atomic E-state index is 13.7. The summed E-state index contributed by atoms with van der Waals surface area (Å²) in [6, 6.07) is 8.76. The number of nitrogens with zero attached hydrogens (tertiary/aromatic N) is 2. The molecule has 1 N–H and O–H groups in total. The smallest absolute Gasteiger partial charge is 0.226 e. The predicted molar refractivity (Wildman–Crippen MR) is 138 cm³/mol. The number of nitrogens with one attached hydrogen (secondary N) is 1. The number of hydrogen-bond donors (Lipinski definition) is 1. The van der Waals surface area contributed by atoms with Crippen LogP contribution < -0.4 is 0 Å². The fraction of sp³-hybridized carbons (Fsp3) is 0.690. The summed E-state index contributed by atoms with van der Waals surface area (Å²) in [6.07, 6.45) is 6.68. The molecule has 1 amide bonds. The number of carbonyl (C=O) groups excluding carboxylic acids is 1. The SMILES string of the molecule is CC(C)C1c2[nH]c3ccccc3c2CCN1C(=O)C1CCC(CN(C)CCC(C)(C)C)CC1. The van der Waals surface area contributed by atoms with E-state index in [-0.39, 0.29) is 12.0 Å². The Kier molecular flexibility index (Phi) is 7.23. The summed E-state index contributed by atoms with van der Waals surface area (Å²) in [4.78, 5) is 22.2. The van der Waals surface area contributed by atoms with E-state index < -0.39 is 0 Å². The van der Waals surface area contributed by atoms with Gasteiger partial charge in [0.15, 0.2) is 0 Å². The van der Waals surface area contributed by atoms with Crippen LogP contribution in [0.1, 0.15) is 84.0 Å². The summed E-state index contributed by atoms with van der Waals surface area (Å²) in [6.45, 7) is 14.7. The Balaban J connectivity index is 1.38. The number of hydrogen-bond acceptors (Lipinski definition) is 2. The van der Waals surface area contributed by atoms with Crippen molar-refractivity contribution in [3.05, 3.63) is 35.5 Å². The van der Waals surface area contributed by atoms with Gasteiger partial charge in [0, 0.05) is 35.6 Å². The van der Waals surface area contributed by atoms with Crippen LogP contribution in [0.15, 0.2) is 24.3 Å². The van der Waals surface area contributed by atoms with Crippen molar-refractivity contribution in [2.45, 2.75) is 79.2 Å². The Morgan fingerprint density at radius 2 is 1.85 bits per heavy atom. The van der Waals surface area contributed by atoms with E-state index in [1.165, 1.54) is 54.5 Å². The molecule has 1 unspecified atom stereocenters. The first kappa shape index (κ1) is 24.3. The van der Waals surface area contributed by atoms with Gasteiger partial charge in [-0.15, -0.1) is 0 Å². The third-order valence-corrected chi connectivity index (χ3v) is 8.00. The van der Waals surface area contributed by atoms with Gasteiger partial charge in [-0.1, -0.05) is 52.8 Å². The van der Waals surface area contributed by atoms with E-state index in [9.17, 15) is 4.79 Å². The van der Waals surface area contributed by atoms with Gasteiger partial charge in [-0.05, 0) is 81.0 Å². The number of para-hydroxylation sites is 1. The predicted octanol–water partition coefficient (Wildman–Crippen LogP) is 6.42. The number of H-pyrrole nitrogens is 1. The van der Waals surface area contributed by atoms with Crippen LogP contribution in [0.3, 0.4) is 0 Å². The lowest BCUT2D eigenvalue weighted by Gasteiger charge is -2.41. The molecule has 2 aliphatic rings. The molecule has 33 heavy (non-hydrogen) atoms. The van der Waals surface area contributed by atoms with Crippen molar-refractivity contribution in [1.29, 1.82) is 0 Å². The Bertz CT molecular complexity index is 945. The highest BCUT2D eigenvalue weighted by Crippen LogP contribution is 2.40. The molecule has 2 aromatic rings. The average molecular weight is 452 g/mol. The molecule has 2 heterocycles. The van der Waals surface area contributed by atoms with Gasteiger partial charge < -0.3 is 14.8 Å². The molecule has 1 aromatic carbocycles. The molecule has 182 valence electrons. The Morgan fingerprint density at radius 3 is 2.52 bits per heavy atom. The topological polar surface area (TPSA) is 39.3 Å². The molecule has 4 rings (SSSR count). The van der Waals surface area contributed by atoms with Crippen molar-refractivity contribution in [1.82, 2.24) is 14.8 Å². The van der Waals surface area contributed by atoms with Crippen LogP contribution in [0.4, 0.5) is 0 Å². The molecule has 1 atom stereocenters. The largest absolute Gasteiger partial charge is 0.356 e. The van der Waals surface area contributed by atoms with Crippen LogP contribution in [0.2, 0.25) is 0 Å². The zero-order valence-corrected chi connectivity index (χ0v) is 21.8. The average Bonchev–Trinajstić information content (AvgIpc) is 3.15. The Labute approximate surface area is 201 Å². The van der Waals surface area contributed by atoms with E-state index in [0.29, 0.717) is 17.2 Å². The number of carbonyl (C=O) groups is 1. The van der Waals surface area contributed by atoms with Crippen molar-refractivity contribution in [3.63, 3.8) is 0 Å². The second kappa shape index (κ2) is 9.82. The quantitative estimate of drug-likeness (QED) is 0.550. The lowest BCUT2D eigenvalue weighted by Crippen LogP contribution is -2.46. The van der Waals surface area contributed by atoms with Crippen molar-refractivity contribution >= 4 is 16.8 Å². The molecule has 0 spiro atoms. The molecule has 0 radical (unpaired) electrons. The summed E-state index contributed by atoms with van der Waals surface area (Å²) in [5.41, 5.74) is 4.30. The zero-order valence-electron chi connectivity index (χ0n) is 21.8. The van der Waals surface area contributed by atoms with E-state index in [2.05, 4.69) is 80.7 Å². The molecule has 1 aliphatic carbocycles.